The zero-order chi connectivity index (χ0) is 21.9. The third-order valence-electron chi connectivity index (χ3n) is 4.01. The molecular weight excluding hydrogens is 457 g/mol. The summed E-state index contributed by atoms with van der Waals surface area (Å²) in [5.74, 6) is -2.99. The summed E-state index contributed by atoms with van der Waals surface area (Å²) in [6, 6.07) is 14.4. The van der Waals surface area contributed by atoms with Crippen LogP contribution in [0.5, 0.6) is 0 Å². The van der Waals surface area contributed by atoms with E-state index in [9.17, 15) is 22.0 Å². The molecule has 0 radical (unpaired) electrons. The highest BCUT2D eigenvalue weighted by atomic mass is 35.5. The van der Waals surface area contributed by atoms with Crippen molar-refractivity contribution in [3.63, 3.8) is 0 Å². The molecule has 0 aliphatic carbocycles. The van der Waals surface area contributed by atoms with E-state index >= 15 is 0 Å². The molecule has 10 heteroatoms. The van der Waals surface area contributed by atoms with Crippen molar-refractivity contribution in [1.82, 2.24) is 0 Å². The molecule has 0 unspecified atom stereocenters. The lowest BCUT2D eigenvalue weighted by Gasteiger charge is -2.24. The van der Waals surface area contributed by atoms with Gasteiger partial charge in [-0.05, 0) is 42.5 Å². The highest BCUT2D eigenvalue weighted by molar-refractivity contribution is 7.92. The number of anilines is 2. The molecule has 1 N–H and O–H groups in total. The van der Waals surface area contributed by atoms with Crippen LogP contribution in [-0.4, -0.2) is 20.9 Å². The maximum absolute atomic E-state index is 13.4. The standard InChI is InChI=1S/C20H14Cl2F2N2O3S/c21-16-8-7-14(11-17(16)22)26(30(28,29)15-4-2-1-3-5-15)12-20(27)25-13-6-9-18(23)19(24)10-13/h1-11H,12H2,(H,25,27). The summed E-state index contributed by atoms with van der Waals surface area (Å²) >= 11 is 11.9. The van der Waals surface area contributed by atoms with Crippen molar-refractivity contribution in [2.75, 3.05) is 16.2 Å². The molecule has 3 aromatic rings. The Bertz CT molecular complexity index is 1190. The quantitative estimate of drug-likeness (QED) is 0.544. The molecule has 0 aromatic heterocycles. The minimum absolute atomic E-state index is 0.0231. The van der Waals surface area contributed by atoms with Gasteiger partial charge in [0.25, 0.3) is 10.0 Å². The molecule has 5 nitrogen and oxygen atoms in total. The van der Waals surface area contributed by atoms with Crippen LogP contribution < -0.4 is 9.62 Å². The van der Waals surface area contributed by atoms with Crippen LogP contribution in [0.2, 0.25) is 10.0 Å². The fourth-order valence-corrected chi connectivity index (χ4v) is 4.31. The Morgan fingerprint density at radius 1 is 0.900 bits per heavy atom. The lowest BCUT2D eigenvalue weighted by molar-refractivity contribution is -0.114. The van der Waals surface area contributed by atoms with Gasteiger partial charge in [-0.2, -0.15) is 0 Å². The summed E-state index contributed by atoms with van der Waals surface area (Å²) in [6.45, 7) is -0.645. The lowest BCUT2D eigenvalue weighted by Crippen LogP contribution is -2.38. The predicted octanol–water partition coefficient (Wildman–Crippen LogP) is 5.11. The first-order valence-corrected chi connectivity index (χ1v) is 10.7. The van der Waals surface area contributed by atoms with Crippen LogP contribution in [0.3, 0.4) is 0 Å². The Hall–Kier alpha value is -2.68. The van der Waals surface area contributed by atoms with Crippen LogP contribution in [0.4, 0.5) is 20.2 Å². The molecule has 0 atom stereocenters. The van der Waals surface area contributed by atoms with Gasteiger partial charge in [0.1, 0.15) is 6.54 Å². The first-order valence-electron chi connectivity index (χ1n) is 8.46. The van der Waals surface area contributed by atoms with Crippen molar-refractivity contribution < 1.29 is 22.0 Å². The summed E-state index contributed by atoms with van der Waals surface area (Å²) in [4.78, 5) is 12.5. The van der Waals surface area contributed by atoms with Crippen LogP contribution >= 0.6 is 23.2 Å². The summed E-state index contributed by atoms with van der Waals surface area (Å²) in [5.41, 5.74) is 0.0822. The van der Waals surface area contributed by atoms with Gasteiger partial charge in [-0.1, -0.05) is 41.4 Å². The van der Waals surface area contributed by atoms with Crippen molar-refractivity contribution >= 4 is 50.5 Å². The summed E-state index contributed by atoms with van der Waals surface area (Å²) in [6.07, 6.45) is 0. The molecule has 0 saturated carbocycles. The SMILES string of the molecule is O=C(CN(c1ccc(Cl)c(Cl)c1)S(=O)(=O)c1ccccc1)Nc1ccc(F)c(F)c1. The molecule has 0 aliphatic rings. The summed E-state index contributed by atoms with van der Waals surface area (Å²) < 4.78 is 53.7. The van der Waals surface area contributed by atoms with Crippen molar-refractivity contribution in [2.45, 2.75) is 4.90 Å². The van der Waals surface area contributed by atoms with Gasteiger partial charge in [0.05, 0.1) is 20.6 Å². The lowest BCUT2D eigenvalue weighted by atomic mass is 10.3. The molecule has 30 heavy (non-hydrogen) atoms. The van der Waals surface area contributed by atoms with Gasteiger partial charge in [0.2, 0.25) is 5.91 Å². The zero-order valence-electron chi connectivity index (χ0n) is 15.2. The number of nitrogens with zero attached hydrogens (tertiary/aromatic N) is 1. The molecule has 0 bridgehead atoms. The molecule has 3 aromatic carbocycles. The number of halogens is 4. The molecule has 156 valence electrons. The summed E-state index contributed by atoms with van der Waals surface area (Å²) in [5, 5.41) is 2.66. The number of hydrogen-bond acceptors (Lipinski definition) is 3. The average molecular weight is 471 g/mol. The van der Waals surface area contributed by atoms with Gasteiger partial charge >= 0.3 is 0 Å². The van der Waals surface area contributed by atoms with Gasteiger partial charge < -0.3 is 5.32 Å². The highest BCUT2D eigenvalue weighted by Gasteiger charge is 2.27. The second-order valence-electron chi connectivity index (χ2n) is 6.10. The topological polar surface area (TPSA) is 66.5 Å². The number of nitrogens with one attached hydrogen (secondary N) is 1. The Balaban J connectivity index is 1.95. The minimum Gasteiger partial charge on any atom is -0.324 e. The largest absolute Gasteiger partial charge is 0.324 e. The molecule has 0 saturated heterocycles. The fraction of sp³-hybridized carbons (Fsp3) is 0.0500. The van der Waals surface area contributed by atoms with Crippen LogP contribution in [0.15, 0.2) is 71.6 Å². The van der Waals surface area contributed by atoms with E-state index in [1.54, 1.807) is 18.2 Å². The van der Waals surface area contributed by atoms with Crippen LogP contribution in [0.25, 0.3) is 0 Å². The van der Waals surface area contributed by atoms with E-state index in [2.05, 4.69) is 5.32 Å². The van der Waals surface area contributed by atoms with E-state index < -0.39 is 34.1 Å². The first-order chi connectivity index (χ1) is 14.2. The van der Waals surface area contributed by atoms with Gasteiger partial charge in [0.15, 0.2) is 11.6 Å². The van der Waals surface area contributed by atoms with Gasteiger partial charge in [-0.15, -0.1) is 0 Å². The predicted molar refractivity (Wildman–Crippen MR) is 112 cm³/mol. The molecule has 0 aliphatic heterocycles. The van der Waals surface area contributed by atoms with E-state index in [0.717, 1.165) is 22.5 Å². The minimum atomic E-state index is -4.15. The number of sulfonamides is 1. The maximum Gasteiger partial charge on any atom is 0.264 e. The Morgan fingerprint density at radius 2 is 1.60 bits per heavy atom. The number of amides is 1. The Morgan fingerprint density at radius 3 is 2.23 bits per heavy atom. The van der Waals surface area contributed by atoms with E-state index in [4.69, 9.17) is 23.2 Å². The van der Waals surface area contributed by atoms with Gasteiger partial charge in [0, 0.05) is 11.8 Å². The second-order valence-corrected chi connectivity index (χ2v) is 8.78. The Labute approximate surface area is 181 Å². The zero-order valence-corrected chi connectivity index (χ0v) is 17.5. The Kier molecular flexibility index (Phi) is 6.60. The van der Waals surface area contributed by atoms with Crippen LogP contribution in [0.1, 0.15) is 0 Å². The molecule has 0 heterocycles. The molecule has 3 rings (SSSR count). The molecule has 1 amide bonds. The summed E-state index contributed by atoms with van der Waals surface area (Å²) in [7, 11) is -4.15. The molecule has 0 spiro atoms. The van der Waals surface area contributed by atoms with Crippen LogP contribution in [-0.2, 0) is 14.8 Å². The number of rotatable bonds is 6. The third kappa shape index (κ3) is 4.89. The first kappa shape index (κ1) is 22.0. The van der Waals surface area contributed by atoms with Gasteiger partial charge in [-0.25, -0.2) is 17.2 Å². The highest BCUT2D eigenvalue weighted by Crippen LogP contribution is 2.30. The normalized spacial score (nSPS) is 11.2. The van der Waals surface area contributed by atoms with E-state index in [1.165, 1.54) is 30.3 Å². The van der Waals surface area contributed by atoms with Gasteiger partial charge in [-0.3, -0.25) is 9.10 Å². The average Bonchev–Trinajstić information content (AvgIpc) is 2.72. The fourth-order valence-electron chi connectivity index (χ4n) is 2.58. The second kappa shape index (κ2) is 8.99. The molecular formula is C20H14Cl2F2N2O3S. The third-order valence-corrected chi connectivity index (χ3v) is 6.54. The van der Waals surface area contributed by atoms with Crippen molar-refractivity contribution in [1.29, 1.82) is 0 Å². The van der Waals surface area contributed by atoms with Crippen molar-refractivity contribution in [3.8, 4) is 0 Å². The van der Waals surface area contributed by atoms with Crippen LogP contribution in [0, 0.1) is 11.6 Å². The number of hydrogen-bond donors (Lipinski definition) is 1. The molecule has 0 fully saturated rings. The van der Waals surface area contributed by atoms with Crippen molar-refractivity contribution in [3.05, 3.63) is 88.4 Å². The monoisotopic (exact) mass is 470 g/mol. The van der Waals surface area contributed by atoms with E-state index in [1.807, 2.05) is 0 Å². The van der Waals surface area contributed by atoms with Crippen molar-refractivity contribution in [2.24, 2.45) is 0 Å². The number of carbonyl (C=O) groups is 1. The van der Waals surface area contributed by atoms with E-state index in [0.29, 0.717) is 0 Å². The smallest absolute Gasteiger partial charge is 0.264 e. The number of carbonyl (C=O) groups excluding carboxylic acids is 1. The number of benzene rings is 3. The van der Waals surface area contributed by atoms with E-state index in [-0.39, 0.29) is 26.3 Å². The maximum atomic E-state index is 13.4.